The predicted octanol–water partition coefficient (Wildman–Crippen LogP) is 2.74. The van der Waals surface area contributed by atoms with Gasteiger partial charge in [-0.05, 0) is 24.6 Å². The Kier molecular flexibility index (Phi) is 6.00. The zero-order valence-corrected chi connectivity index (χ0v) is 13.1. The highest BCUT2D eigenvalue weighted by Crippen LogP contribution is 2.12. The summed E-state index contributed by atoms with van der Waals surface area (Å²) in [5.41, 5.74) is -0.0299. The van der Waals surface area contributed by atoms with E-state index in [0.717, 1.165) is 5.56 Å². The van der Waals surface area contributed by atoms with Gasteiger partial charge in [0.15, 0.2) is 0 Å². The van der Waals surface area contributed by atoms with Gasteiger partial charge in [0.25, 0.3) is 0 Å². The lowest BCUT2D eigenvalue weighted by molar-refractivity contribution is 0.0881. The number of carbonyl (C=O) groups excluding carboxylic acids is 1. The van der Waals surface area contributed by atoms with E-state index < -0.39 is 11.6 Å². The number of ether oxygens (including phenoxy) is 2. The summed E-state index contributed by atoms with van der Waals surface area (Å²) in [7, 11) is 0. The van der Waals surface area contributed by atoms with Gasteiger partial charge >= 0.3 is 6.09 Å². The molecule has 0 aromatic heterocycles. The van der Waals surface area contributed by atoms with Crippen LogP contribution in [0.4, 0.5) is 4.79 Å². The van der Waals surface area contributed by atoms with Gasteiger partial charge < -0.3 is 19.9 Å². The molecular weight excluding hydrogens is 294 g/mol. The van der Waals surface area contributed by atoms with Crippen molar-refractivity contribution in [1.29, 1.82) is 0 Å². The molecule has 0 radical (unpaired) electrons. The Morgan fingerprint density at radius 3 is 2.30 bits per heavy atom. The van der Waals surface area contributed by atoms with E-state index in [1.54, 1.807) is 6.92 Å². The van der Waals surface area contributed by atoms with Gasteiger partial charge in [0.2, 0.25) is 0 Å². The molecule has 2 aromatic rings. The number of para-hydroxylation sites is 1. The molecule has 1 atom stereocenters. The molecule has 0 fully saturated rings. The first kappa shape index (κ1) is 16.8. The Bertz CT molecular complexity index is 603. The van der Waals surface area contributed by atoms with Gasteiger partial charge in [-0.15, -0.1) is 0 Å². The van der Waals surface area contributed by atoms with Crippen LogP contribution in [-0.2, 0) is 11.3 Å². The van der Waals surface area contributed by atoms with Crippen molar-refractivity contribution in [1.82, 2.24) is 5.32 Å². The van der Waals surface area contributed by atoms with Crippen molar-refractivity contribution >= 4 is 6.09 Å². The number of hydrogen-bond acceptors (Lipinski definition) is 4. The van der Waals surface area contributed by atoms with Crippen molar-refractivity contribution in [2.45, 2.75) is 19.1 Å². The average molecular weight is 315 g/mol. The number of amides is 1. The van der Waals surface area contributed by atoms with Crippen LogP contribution in [0.3, 0.4) is 0 Å². The first-order chi connectivity index (χ1) is 11.1. The fraction of sp³-hybridized carbons (Fsp3) is 0.278. The van der Waals surface area contributed by atoms with E-state index in [0.29, 0.717) is 5.75 Å². The van der Waals surface area contributed by atoms with Gasteiger partial charge in [-0.2, -0.15) is 0 Å². The number of hydrogen-bond donors (Lipinski definition) is 2. The van der Waals surface area contributed by atoms with Crippen LogP contribution in [0.25, 0.3) is 0 Å². The molecule has 0 aliphatic carbocycles. The highest BCUT2D eigenvalue weighted by Gasteiger charge is 2.27. The third-order valence-electron chi connectivity index (χ3n) is 3.27. The Morgan fingerprint density at radius 1 is 1.09 bits per heavy atom. The van der Waals surface area contributed by atoms with Crippen LogP contribution in [0.15, 0.2) is 60.7 Å². The minimum atomic E-state index is -0.927. The normalized spacial score (nSPS) is 13.0. The van der Waals surface area contributed by atoms with Crippen LogP contribution in [-0.4, -0.2) is 30.0 Å². The molecule has 2 aromatic carbocycles. The number of aliphatic hydroxyl groups excluding tert-OH is 1. The van der Waals surface area contributed by atoms with E-state index in [4.69, 9.17) is 9.47 Å². The molecule has 2 N–H and O–H groups in total. The topological polar surface area (TPSA) is 67.8 Å². The molecule has 2 rings (SSSR count). The van der Waals surface area contributed by atoms with Crippen molar-refractivity contribution < 1.29 is 19.4 Å². The summed E-state index contributed by atoms with van der Waals surface area (Å²) < 4.78 is 10.8. The van der Waals surface area contributed by atoms with Gasteiger partial charge in [-0.3, -0.25) is 0 Å². The largest absolute Gasteiger partial charge is 0.491 e. The summed E-state index contributed by atoms with van der Waals surface area (Å²) >= 11 is 0. The summed E-state index contributed by atoms with van der Waals surface area (Å²) in [5.74, 6) is 0.673. The summed E-state index contributed by atoms with van der Waals surface area (Å²) in [6.45, 7) is 1.74. The summed E-state index contributed by atoms with van der Waals surface area (Å²) in [5, 5.41) is 12.2. The second kappa shape index (κ2) is 8.19. The van der Waals surface area contributed by atoms with E-state index in [2.05, 4.69) is 5.32 Å². The van der Waals surface area contributed by atoms with Gasteiger partial charge in [-0.1, -0.05) is 48.5 Å². The molecule has 0 bridgehead atoms. The Morgan fingerprint density at radius 2 is 1.70 bits per heavy atom. The summed E-state index contributed by atoms with van der Waals surface area (Å²) in [6, 6.07) is 18.6. The first-order valence-corrected chi connectivity index (χ1v) is 7.39. The van der Waals surface area contributed by atoms with E-state index >= 15 is 0 Å². The zero-order chi connectivity index (χ0) is 16.5. The quantitative estimate of drug-likeness (QED) is 0.824. The van der Waals surface area contributed by atoms with Crippen LogP contribution in [0.5, 0.6) is 5.75 Å². The monoisotopic (exact) mass is 315 g/mol. The fourth-order valence-electron chi connectivity index (χ4n) is 1.89. The Labute approximate surface area is 135 Å². The van der Waals surface area contributed by atoms with E-state index in [1.807, 2.05) is 60.7 Å². The molecule has 23 heavy (non-hydrogen) atoms. The molecule has 0 aliphatic heterocycles. The molecule has 0 saturated carbocycles. The Balaban J connectivity index is 1.83. The maximum absolute atomic E-state index is 11.9. The predicted molar refractivity (Wildman–Crippen MR) is 87.2 cm³/mol. The molecule has 0 heterocycles. The van der Waals surface area contributed by atoms with Gasteiger partial charge in [-0.25, -0.2) is 4.79 Å². The third-order valence-corrected chi connectivity index (χ3v) is 3.27. The van der Waals surface area contributed by atoms with E-state index in [-0.39, 0.29) is 19.8 Å². The van der Waals surface area contributed by atoms with Crippen molar-refractivity contribution in [3.05, 3.63) is 66.2 Å². The van der Waals surface area contributed by atoms with Crippen molar-refractivity contribution in [2.24, 2.45) is 0 Å². The first-order valence-electron chi connectivity index (χ1n) is 7.39. The van der Waals surface area contributed by atoms with Gasteiger partial charge in [0, 0.05) is 0 Å². The average Bonchev–Trinajstić information content (AvgIpc) is 2.60. The molecule has 5 heteroatoms. The lowest BCUT2D eigenvalue weighted by Gasteiger charge is -2.28. The maximum atomic E-state index is 11.9. The number of nitrogens with one attached hydrogen (secondary N) is 1. The number of alkyl carbamates (subject to hydrolysis) is 1. The lowest BCUT2D eigenvalue weighted by Crippen LogP contribution is -2.53. The van der Waals surface area contributed by atoms with Crippen molar-refractivity contribution in [3.8, 4) is 5.75 Å². The van der Waals surface area contributed by atoms with E-state index in [9.17, 15) is 9.90 Å². The number of aliphatic hydroxyl groups is 1. The van der Waals surface area contributed by atoms with Crippen molar-refractivity contribution in [2.75, 3.05) is 13.2 Å². The van der Waals surface area contributed by atoms with Gasteiger partial charge in [0.1, 0.15) is 19.0 Å². The minimum absolute atomic E-state index is 0.133. The molecule has 1 amide bonds. The van der Waals surface area contributed by atoms with Crippen LogP contribution in [0.2, 0.25) is 0 Å². The highest BCUT2D eigenvalue weighted by atomic mass is 16.5. The van der Waals surface area contributed by atoms with Crippen LogP contribution in [0.1, 0.15) is 12.5 Å². The van der Waals surface area contributed by atoms with Crippen LogP contribution < -0.4 is 10.1 Å². The Hall–Kier alpha value is -2.53. The number of benzene rings is 2. The number of carbonyl (C=O) groups is 1. The standard InChI is InChI=1S/C18H21NO4/c1-18(13-20,14-23-16-10-6-3-7-11-16)19-17(21)22-12-15-8-4-2-5-9-15/h2-11,20H,12-14H2,1H3,(H,19,21). The number of rotatable bonds is 7. The molecule has 5 nitrogen and oxygen atoms in total. The van der Waals surface area contributed by atoms with E-state index in [1.165, 1.54) is 0 Å². The second-order valence-electron chi connectivity index (χ2n) is 5.51. The van der Waals surface area contributed by atoms with Crippen LogP contribution >= 0.6 is 0 Å². The maximum Gasteiger partial charge on any atom is 0.408 e. The summed E-state index contributed by atoms with van der Waals surface area (Å²) in [4.78, 5) is 11.9. The molecule has 1 unspecified atom stereocenters. The highest BCUT2D eigenvalue weighted by molar-refractivity contribution is 5.68. The lowest BCUT2D eigenvalue weighted by atomic mass is 10.1. The van der Waals surface area contributed by atoms with Crippen LogP contribution in [0, 0.1) is 0 Å². The minimum Gasteiger partial charge on any atom is -0.491 e. The zero-order valence-electron chi connectivity index (χ0n) is 13.1. The summed E-state index contributed by atoms with van der Waals surface area (Å²) in [6.07, 6.45) is -0.595. The molecule has 122 valence electrons. The molecule has 0 saturated heterocycles. The smallest absolute Gasteiger partial charge is 0.408 e. The van der Waals surface area contributed by atoms with Crippen molar-refractivity contribution in [3.63, 3.8) is 0 Å². The molecule has 0 spiro atoms. The third kappa shape index (κ3) is 5.64. The molecule has 0 aliphatic rings. The van der Waals surface area contributed by atoms with Gasteiger partial charge in [0.05, 0.1) is 12.1 Å². The second-order valence-corrected chi connectivity index (χ2v) is 5.51. The fourth-order valence-corrected chi connectivity index (χ4v) is 1.89. The molecular formula is C18H21NO4. The SMILES string of the molecule is CC(CO)(COc1ccccc1)NC(=O)OCc1ccccc1.